The first-order valence-electron chi connectivity index (χ1n) is 10.7. The fraction of sp³-hybridized carbons (Fsp3) is 0.333. The third kappa shape index (κ3) is 6.06. The number of anilines is 1. The summed E-state index contributed by atoms with van der Waals surface area (Å²) in [4.78, 5) is 45.1. The van der Waals surface area contributed by atoms with Gasteiger partial charge in [-0.25, -0.2) is 19.0 Å². The van der Waals surface area contributed by atoms with Crippen molar-refractivity contribution in [3.05, 3.63) is 56.8 Å². The first kappa shape index (κ1) is 27.2. The maximum absolute atomic E-state index is 14.9. The second-order valence-corrected chi connectivity index (χ2v) is 10.4. The number of hydrogen-bond acceptors (Lipinski definition) is 7. The van der Waals surface area contributed by atoms with Gasteiger partial charge in [0, 0.05) is 0 Å². The number of hydrogen-bond donors (Lipinski definition) is 1. The average molecular weight is 540 g/mol. The van der Waals surface area contributed by atoms with Crippen molar-refractivity contribution in [2.75, 3.05) is 4.90 Å². The molecule has 9 nitrogen and oxygen atoms in total. The van der Waals surface area contributed by atoms with Gasteiger partial charge in [0.2, 0.25) is 0 Å². The van der Waals surface area contributed by atoms with E-state index >= 15 is 0 Å². The van der Waals surface area contributed by atoms with E-state index in [0.717, 1.165) is 12.1 Å². The molecule has 0 saturated carbocycles. The lowest BCUT2D eigenvalue weighted by Gasteiger charge is -2.29. The minimum Gasteiger partial charge on any atom is -0.451 e. The maximum atomic E-state index is 14.9. The third-order valence-corrected chi connectivity index (χ3v) is 5.09. The van der Waals surface area contributed by atoms with Gasteiger partial charge in [0.05, 0.1) is 27.9 Å². The number of nitrogens with zero attached hydrogens (tertiary/aromatic N) is 2. The zero-order valence-electron chi connectivity index (χ0n) is 20.4. The predicted molar refractivity (Wildman–Crippen MR) is 134 cm³/mol. The SMILES string of the molecule is CC(C)(C)OC(=O)N(C(=O)OC(C)(C)C)c1ccc(F)c(Oc2ccc3nc[nH]c(=O)c3c2Cl)c1Cl. The van der Waals surface area contributed by atoms with E-state index in [1.807, 2.05) is 0 Å². The number of nitrogens with one attached hydrogen (secondary N) is 1. The van der Waals surface area contributed by atoms with Gasteiger partial charge in [-0.3, -0.25) is 4.79 Å². The largest absolute Gasteiger partial charge is 0.451 e. The van der Waals surface area contributed by atoms with Crippen LogP contribution in [-0.4, -0.2) is 33.4 Å². The Balaban J connectivity index is 2.12. The van der Waals surface area contributed by atoms with Crippen LogP contribution in [0.3, 0.4) is 0 Å². The molecule has 0 spiro atoms. The van der Waals surface area contributed by atoms with Crippen LogP contribution in [-0.2, 0) is 9.47 Å². The summed E-state index contributed by atoms with van der Waals surface area (Å²) in [6.07, 6.45) is -0.987. The quantitative estimate of drug-likeness (QED) is 0.387. The van der Waals surface area contributed by atoms with Crippen LogP contribution in [0.25, 0.3) is 10.9 Å². The van der Waals surface area contributed by atoms with Crippen molar-refractivity contribution in [1.82, 2.24) is 9.97 Å². The lowest BCUT2D eigenvalue weighted by atomic mass is 10.2. The molecule has 3 rings (SSSR count). The first-order chi connectivity index (χ1) is 16.6. The number of aromatic amines is 1. The highest BCUT2D eigenvalue weighted by molar-refractivity contribution is 6.37. The molecule has 0 unspecified atom stereocenters. The number of ether oxygens (including phenoxy) is 3. The minimum absolute atomic E-state index is 0.0217. The maximum Gasteiger partial charge on any atom is 0.424 e. The van der Waals surface area contributed by atoms with Gasteiger partial charge in [-0.15, -0.1) is 0 Å². The standard InChI is InChI=1S/C24H24Cl2FN3O6/c1-23(2,3)35-21(32)30(22(33)36-24(4,5)6)14-9-7-12(27)19(17(14)25)34-15-10-8-13-16(18(15)26)20(31)29-11-28-13/h7-11H,1-6H3,(H,28,29,31). The third-order valence-electron chi connectivity index (χ3n) is 4.34. The molecule has 0 atom stereocenters. The van der Waals surface area contributed by atoms with Gasteiger partial charge in [-0.1, -0.05) is 23.2 Å². The summed E-state index contributed by atoms with van der Waals surface area (Å²) < 4.78 is 31.2. The number of amides is 2. The molecule has 36 heavy (non-hydrogen) atoms. The molecule has 0 aliphatic rings. The fourth-order valence-electron chi connectivity index (χ4n) is 2.97. The molecule has 0 saturated heterocycles. The lowest BCUT2D eigenvalue weighted by Crippen LogP contribution is -2.44. The van der Waals surface area contributed by atoms with Gasteiger partial charge in [-0.05, 0) is 65.8 Å². The van der Waals surface area contributed by atoms with Gasteiger partial charge in [0.25, 0.3) is 5.56 Å². The van der Waals surface area contributed by atoms with Crippen LogP contribution in [0.5, 0.6) is 11.5 Å². The van der Waals surface area contributed by atoms with E-state index in [4.69, 9.17) is 37.4 Å². The van der Waals surface area contributed by atoms with E-state index < -0.39 is 45.5 Å². The lowest BCUT2D eigenvalue weighted by molar-refractivity contribution is 0.0430. The average Bonchev–Trinajstić information content (AvgIpc) is 2.72. The molecule has 0 radical (unpaired) electrons. The Morgan fingerprint density at radius 1 is 0.944 bits per heavy atom. The highest BCUT2D eigenvalue weighted by Crippen LogP contribution is 2.42. The van der Waals surface area contributed by atoms with Crippen molar-refractivity contribution in [3.8, 4) is 11.5 Å². The normalized spacial score (nSPS) is 11.8. The number of aromatic nitrogens is 2. The number of H-pyrrole nitrogens is 1. The number of fused-ring (bicyclic) bond motifs is 1. The molecule has 2 amide bonds. The smallest absolute Gasteiger partial charge is 0.424 e. The molecule has 0 aliphatic heterocycles. The van der Waals surface area contributed by atoms with Crippen LogP contribution in [0.4, 0.5) is 19.7 Å². The van der Waals surface area contributed by atoms with Crippen molar-refractivity contribution in [2.45, 2.75) is 52.7 Å². The number of benzene rings is 2. The van der Waals surface area contributed by atoms with Gasteiger partial charge in [-0.2, -0.15) is 4.90 Å². The van der Waals surface area contributed by atoms with Crippen LogP contribution < -0.4 is 15.2 Å². The molecule has 0 fully saturated rings. The summed E-state index contributed by atoms with van der Waals surface area (Å²) in [5.74, 6) is -1.58. The van der Waals surface area contributed by atoms with E-state index in [1.54, 1.807) is 41.5 Å². The van der Waals surface area contributed by atoms with E-state index in [9.17, 15) is 18.8 Å². The molecule has 1 heterocycles. The summed E-state index contributed by atoms with van der Waals surface area (Å²) in [5, 5.41) is -0.560. The molecule has 3 aromatic rings. The van der Waals surface area contributed by atoms with Crippen LogP contribution in [0.2, 0.25) is 10.0 Å². The molecule has 0 bridgehead atoms. The van der Waals surface area contributed by atoms with Gasteiger partial charge < -0.3 is 19.2 Å². The number of halogens is 3. The Hall–Kier alpha value is -3.37. The summed E-state index contributed by atoms with van der Waals surface area (Å²) in [6.45, 7) is 9.65. The molecule has 192 valence electrons. The summed E-state index contributed by atoms with van der Waals surface area (Å²) in [7, 11) is 0. The number of rotatable bonds is 3. The minimum atomic E-state index is -1.10. The fourth-order valence-corrected chi connectivity index (χ4v) is 3.53. The van der Waals surface area contributed by atoms with Crippen LogP contribution in [0, 0.1) is 5.82 Å². The Kier molecular flexibility index (Phi) is 7.52. The second kappa shape index (κ2) is 9.94. The zero-order valence-corrected chi connectivity index (χ0v) is 21.9. The molecular weight excluding hydrogens is 516 g/mol. The molecule has 0 aliphatic carbocycles. The Morgan fingerprint density at radius 2 is 1.53 bits per heavy atom. The van der Waals surface area contributed by atoms with Crippen LogP contribution in [0.15, 0.2) is 35.4 Å². The molecular formula is C24H24Cl2FN3O6. The van der Waals surface area contributed by atoms with Gasteiger partial charge in [0.15, 0.2) is 11.6 Å². The Bertz CT molecular complexity index is 1370. The summed E-state index contributed by atoms with van der Waals surface area (Å²) in [6, 6.07) is 4.88. The number of imide groups is 1. The van der Waals surface area contributed by atoms with Gasteiger partial charge >= 0.3 is 12.2 Å². The topological polar surface area (TPSA) is 111 Å². The van der Waals surface area contributed by atoms with Gasteiger partial charge in [0.1, 0.15) is 22.0 Å². The second-order valence-electron chi connectivity index (χ2n) is 9.61. The van der Waals surface area contributed by atoms with E-state index in [2.05, 4.69) is 9.97 Å². The van der Waals surface area contributed by atoms with Crippen molar-refractivity contribution < 1.29 is 28.2 Å². The monoisotopic (exact) mass is 539 g/mol. The van der Waals surface area contributed by atoms with Crippen molar-refractivity contribution in [1.29, 1.82) is 0 Å². The highest BCUT2D eigenvalue weighted by Gasteiger charge is 2.35. The Morgan fingerprint density at radius 3 is 2.08 bits per heavy atom. The van der Waals surface area contributed by atoms with Crippen LogP contribution >= 0.6 is 23.2 Å². The van der Waals surface area contributed by atoms with E-state index in [1.165, 1.54) is 18.5 Å². The number of carbonyl (C=O) groups is 2. The molecule has 2 aromatic carbocycles. The van der Waals surface area contributed by atoms with Crippen molar-refractivity contribution in [2.24, 2.45) is 0 Å². The van der Waals surface area contributed by atoms with Crippen LogP contribution in [0.1, 0.15) is 41.5 Å². The number of carbonyl (C=O) groups excluding carboxylic acids is 2. The highest BCUT2D eigenvalue weighted by atomic mass is 35.5. The van der Waals surface area contributed by atoms with E-state index in [-0.39, 0.29) is 27.4 Å². The Labute approximate surface area is 216 Å². The predicted octanol–water partition coefficient (Wildman–Crippen LogP) is 6.84. The molecule has 1 aromatic heterocycles. The van der Waals surface area contributed by atoms with Crippen molar-refractivity contribution >= 4 is 52.0 Å². The zero-order chi connectivity index (χ0) is 27.0. The molecule has 1 N–H and O–H groups in total. The summed E-state index contributed by atoms with van der Waals surface area (Å²) >= 11 is 12.8. The summed E-state index contributed by atoms with van der Waals surface area (Å²) in [5.41, 5.74) is -2.44. The first-order valence-corrected chi connectivity index (χ1v) is 11.4. The van der Waals surface area contributed by atoms with Crippen molar-refractivity contribution in [3.63, 3.8) is 0 Å². The molecule has 12 heteroatoms. The van der Waals surface area contributed by atoms with E-state index in [0.29, 0.717) is 4.90 Å².